The van der Waals surface area contributed by atoms with Crippen molar-refractivity contribution in [2.75, 3.05) is 0 Å². The molecule has 0 unspecified atom stereocenters. The highest BCUT2D eigenvalue weighted by atomic mass is 16.5. The van der Waals surface area contributed by atoms with E-state index < -0.39 is 6.10 Å². The summed E-state index contributed by atoms with van der Waals surface area (Å²) in [5, 5.41) is 10.1. The predicted octanol–water partition coefficient (Wildman–Crippen LogP) is 3.54. The van der Waals surface area contributed by atoms with Crippen LogP contribution in [0.3, 0.4) is 0 Å². The standard InChI is InChI=1S/C19H20O3/c20-16-11-17(13-18(21)14-7-3-1-4-8-14)22-19(12-16)15-9-5-2-6-10-15/h1-10,16-17,19-20H,11-13H2/t16-,17-,19+/m0/s1. The first-order chi connectivity index (χ1) is 10.7. The van der Waals surface area contributed by atoms with Gasteiger partial charge in [0, 0.05) is 24.8 Å². The van der Waals surface area contributed by atoms with Crippen LogP contribution in [-0.4, -0.2) is 23.1 Å². The smallest absolute Gasteiger partial charge is 0.165 e. The van der Waals surface area contributed by atoms with E-state index in [1.54, 1.807) is 0 Å². The van der Waals surface area contributed by atoms with Crippen LogP contribution >= 0.6 is 0 Å². The zero-order valence-corrected chi connectivity index (χ0v) is 12.4. The zero-order valence-electron chi connectivity index (χ0n) is 12.4. The van der Waals surface area contributed by atoms with Crippen molar-refractivity contribution in [3.8, 4) is 0 Å². The number of aliphatic hydroxyl groups excluding tert-OH is 1. The molecule has 3 atom stereocenters. The van der Waals surface area contributed by atoms with Crippen molar-refractivity contribution in [2.24, 2.45) is 0 Å². The zero-order chi connectivity index (χ0) is 15.4. The van der Waals surface area contributed by atoms with Gasteiger partial charge in [-0.1, -0.05) is 60.7 Å². The van der Waals surface area contributed by atoms with Gasteiger partial charge < -0.3 is 9.84 Å². The largest absolute Gasteiger partial charge is 0.393 e. The molecule has 0 radical (unpaired) electrons. The maximum atomic E-state index is 12.3. The average Bonchev–Trinajstić information content (AvgIpc) is 2.56. The molecule has 3 rings (SSSR count). The summed E-state index contributed by atoms with van der Waals surface area (Å²) in [7, 11) is 0. The highest BCUT2D eigenvalue weighted by Crippen LogP contribution is 2.32. The normalized spacial score (nSPS) is 24.9. The van der Waals surface area contributed by atoms with Gasteiger partial charge in [-0.3, -0.25) is 4.79 Å². The fourth-order valence-corrected chi connectivity index (χ4v) is 2.95. The van der Waals surface area contributed by atoms with E-state index in [2.05, 4.69) is 0 Å². The van der Waals surface area contributed by atoms with Crippen LogP contribution < -0.4 is 0 Å². The molecular weight excluding hydrogens is 276 g/mol. The highest BCUT2D eigenvalue weighted by molar-refractivity contribution is 5.96. The summed E-state index contributed by atoms with van der Waals surface area (Å²) in [5.41, 5.74) is 1.75. The van der Waals surface area contributed by atoms with Crippen molar-refractivity contribution in [3.63, 3.8) is 0 Å². The Kier molecular flexibility index (Phi) is 4.66. The monoisotopic (exact) mass is 296 g/mol. The van der Waals surface area contributed by atoms with E-state index in [0.717, 1.165) is 5.56 Å². The molecular formula is C19H20O3. The van der Waals surface area contributed by atoms with Gasteiger partial charge in [-0.05, 0) is 5.56 Å². The van der Waals surface area contributed by atoms with E-state index in [-0.39, 0.29) is 18.0 Å². The number of aliphatic hydroxyl groups is 1. The van der Waals surface area contributed by atoms with Crippen molar-refractivity contribution >= 4 is 5.78 Å². The number of hydrogen-bond acceptors (Lipinski definition) is 3. The summed E-state index contributed by atoms with van der Waals surface area (Å²) in [4.78, 5) is 12.3. The predicted molar refractivity (Wildman–Crippen MR) is 84.7 cm³/mol. The van der Waals surface area contributed by atoms with Gasteiger partial charge in [-0.15, -0.1) is 0 Å². The topological polar surface area (TPSA) is 46.5 Å². The van der Waals surface area contributed by atoms with Crippen LogP contribution in [0.5, 0.6) is 0 Å². The van der Waals surface area contributed by atoms with Crippen LogP contribution in [-0.2, 0) is 4.74 Å². The molecule has 0 saturated carbocycles. The van der Waals surface area contributed by atoms with E-state index in [0.29, 0.717) is 24.8 Å². The number of hydrogen-bond donors (Lipinski definition) is 1. The molecule has 1 aliphatic heterocycles. The summed E-state index contributed by atoms with van der Waals surface area (Å²) in [5.74, 6) is 0.0616. The summed E-state index contributed by atoms with van der Waals surface area (Å²) >= 11 is 0. The van der Waals surface area contributed by atoms with Crippen LogP contribution in [0.2, 0.25) is 0 Å². The van der Waals surface area contributed by atoms with E-state index in [1.807, 2.05) is 60.7 Å². The van der Waals surface area contributed by atoms with Gasteiger partial charge in [0.1, 0.15) is 0 Å². The van der Waals surface area contributed by atoms with Crippen LogP contribution in [0.4, 0.5) is 0 Å². The first-order valence-electron chi connectivity index (χ1n) is 7.69. The SMILES string of the molecule is O=C(C[C@@H]1C[C@H](O)C[C@H](c2ccccc2)O1)c1ccccc1. The Balaban J connectivity index is 1.68. The van der Waals surface area contributed by atoms with Gasteiger partial charge in [-0.2, -0.15) is 0 Å². The molecule has 3 nitrogen and oxygen atoms in total. The molecule has 1 heterocycles. The van der Waals surface area contributed by atoms with E-state index in [4.69, 9.17) is 4.74 Å². The minimum absolute atomic E-state index is 0.0616. The Hall–Kier alpha value is -1.97. The summed E-state index contributed by atoms with van der Waals surface area (Å²) < 4.78 is 6.05. The molecule has 0 bridgehead atoms. The molecule has 0 spiro atoms. The fraction of sp³-hybridized carbons (Fsp3) is 0.316. The lowest BCUT2D eigenvalue weighted by Crippen LogP contribution is -2.32. The number of rotatable bonds is 4. The number of carbonyl (C=O) groups excluding carboxylic acids is 1. The summed E-state index contributed by atoms with van der Waals surface area (Å²) in [6, 6.07) is 19.1. The Morgan fingerprint density at radius 3 is 2.32 bits per heavy atom. The number of ketones is 1. The van der Waals surface area contributed by atoms with Crippen molar-refractivity contribution < 1.29 is 14.6 Å². The van der Waals surface area contributed by atoms with Crippen LogP contribution in [0.1, 0.15) is 41.3 Å². The molecule has 1 saturated heterocycles. The Bertz CT molecular complexity index is 609. The van der Waals surface area contributed by atoms with Crippen LogP contribution in [0.15, 0.2) is 60.7 Å². The molecule has 22 heavy (non-hydrogen) atoms. The van der Waals surface area contributed by atoms with Crippen LogP contribution in [0, 0.1) is 0 Å². The maximum absolute atomic E-state index is 12.3. The first-order valence-corrected chi connectivity index (χ1v) is 7.69. The van der Waals surface area contributed by atoms with E-state index in [1.165, 1.54) is 0 Å². The van der Waals surface area contributed by atoms with E-state index >= 15 is 0 Å². The summed E-state index contributed by atoms with van der Waals surface area (Å²) in [6.45, 7) is 0. The van der Waals surface area contributed by atoms with Gasteiger partial charge in [0.05, 0.1) is 18.3 Å². The third-order valence-electron chi connectivity index (χ3n) is 4.06. The van der Waals surface area contributed by atoms with Gasteiger partial charge in [-0.25, -0.2) is 0 Å². The quantitative estimate of drug-likeness (QED) is 0.878. The second-order valence-electron chi connectivity index (χ2n) is 5.78. The number of ether oxygens (including phenoxy) is 1. The lowest BCUT2D eigenvalue weighted by Gasteiger charge is -2.33. The highest BCUT2D eigenvalue weighted by Gasteiger charge is 2.30. The minimum atomic E-state index is -0.424. The Morgan fingerprint density at radius 1 is 1.00 bits per heavy atom. The second-order valence-corrected chi connectivity index (χ2v) is 5.78. The Morgan fingerprint density at radius 2 is 1.64 bits per heavy atom. The van der Waals surface area contributed by atoms with Crippen molar-refractivity contribution in [3.05, 3.63) is 71.8 Å². The molecule has 114 valence electrons. The minimum Gasteiger partial charge on any atom is -0.393 e. The Labute approximate surface area is 130 Å². The molecule has 2 aromatic rings. The van der Waals surface area contributed by atoms with Crippen molar-refractivity contribution in [2.45, 2.75) is 37.6 Å². The molecule has 0 aromatic heterocycles. The lowest BCUT2D eigenvalue weighted by molar-refractivity contribution is -0.0962. The maximum Gasteiger partial charge on any atom is 0.165 e. The van der Waals surface area contributed by atoms with Gasteiger partial charge in [0.15, 0.2) is 5.78 Å². The van der Waals surface area contributed by atoms with Gasteiger partial charge in [0.2, 0.25) is 0 Å². The number of carbonyl (C=O) groups is 1. The average molecular weight is 296 g/mol. The van der Waals surface area contributed by atoms with Crippen molar-refractivity contribution in [1.82, 2.24) is 0 Å². The third-order valence-corrected chi connectivity index (χ3v) is 4.06. The van der Waals surface area contributed by atoms with Crippen LogP contribution in [0.25, 0.3) is 0 Å². The second kappa shape index (κ2) is 6.86. The van der Waals surface area contributed by atoms with E-state index in [9.17, 15) is 9.90 Å². The third kappa shape index (κ3) is 3.62. The molecule has 1 fully saturated rings. The fourth-order valence-electron chi connectivity index (χ4n) is 2.95. The molecule has 0 aliphatic carbocycles. The molecule has 0 amide bonds. The first kappa shape index (κ1) is 14.9. The molecule has 2 aromatic carbocycles. The molecule has 3 heteroatoms. The lowest BCUT2D eigenvalue weighted by atomic mass is 9.93. The number of Topliss-reactive ketones (excluding diaryl/α,β-unsaturated/α-hetero) is 1. The molecule has 1 N–H and O–H groups in total. The van der Waals surface area contributed by atoms with Crippen molar-refractivity contribution in [1.29, 1.82) is 0 Å². The molecule has 1 aliphatic rings. The van der Waals surface area contributed by atoms with Gasteiger partial charge >= 0.3 is 0 Å². The number of benzene rings is 2. The summed E-state index contributed by atoms with van der Waals surface area (Å²) in [6.07, 6.45) is 0.611. The van der Waals surface area contributed by atoms with Gasteiger partial charge in [0.25, 0.3) is 0 Å².